The van der Waals surface area contributed by atoms with E-state index in [1.165, 1.54) is 11.9 Å². The molecular formula is C4H9NS. The Hall–Kier alpha value is 0.0500. The van der Waals surface area contributed by atoms with Gasteiger partial charge < -0.3 is 0 Å². The van der Waals surface area contributed by atoms with Crippen LogP contribution in [0.25, 0.3) is 0 Å². The van der Waals surface area contributed by atoms with Crippen LogP contribution in [-0.2, 0) is 0 Å². The molecule has 0 amide bonds. The van der Waals surface area contributed by atoms with Crippen LogP contribution in [0.15, 0.2) is 11.0 Å². The summed E-state index contributed by atoms with van der Waals surface area (Å²) in [4.78, 5) is 1.16. The Morgan fingerprint density at radius 2 is 2.33 bits per heavy atom. The lowest BCUT2D eigenvalue weighted by Gasteiger charge is -1.84. The van der Waals surface area contributed by atoms with E-state index in [0.29, 0.717) is 0 Å². The molecule has 2 heteroatoms. The van der Waals surface area contributed by atoms with Crippen LogP contribution in [0.3, 0.4) is 0 Å². The minimum absolute atomic E-state index is 1.16. The molecule has 0 heterocycles. The molecule has 0 aliphatic heterocycles. The number of allylic oxidation sites excluding steroid dienone is 2. The van der Waals surface area contributed by atoms with E-state index in [1.807, 2.05) is 19.9 Å². The molecule has 0 atom stereocenters. The maximum atomic E-state index is 5.13. The average Bonchev–Trinajstić information content (AvgIpc) is 1.65. The van der Waals surface area contributed by atoms with E-state index in [0.717, 1.165) is 4.91 Å². The molecule has 0 spiro atoms. The Bertz CT molecular complexity index is 58.6. The van der Waals surface area contributed by atoms with Crippen LogP contribution >= 0.6 is 11.9 Å². The molecule has 0 aromatic heterocycles. The Morgan fingerprint density at radius 3 is 2.33 bits per heavy atom. The summed E-state index contributed by atoms with van der Waals surface area (Å²) in [5.41, 5.74) is 0. The summed E-state index contributed by atoms with van der Waals surface area (Å²) in [6.45, 7) is 3.94. The van der Waals surface area contributed by atoms with E-state index in [2.05, 4.69) is 0 Å². The highest BCUT2D eigenvalue weighted by molar-refractivity contribution is 8.00. The van der Waals surface area contributed by atoms with Gasteiger partial charge in [-0.2, -0.15) is 0 Å². The average molecular weight is 103 g/mol. The first kappa shape index (κ1) is 6.05. The topological polar surface area (TPSA) is 26.0 Å². The van der Waals surface area contributed by atoms with Crippen molar-refractivity contribution < 1.29 is 0 Å². The first-order chi connectivity index (χ1) is 2.81. The minimum Gasteiger partial charge on any atom is -0.274 e. The molecule has 0 saturated carbocycles. The quantitative estimate of drug-likeness (QED) is 0.509. The molecule has 0 radical (unpaired) electrons. The molecule has 36 valence electrons. The first-order valence-corrected chi connectivity index (χ1v) is 2.69. The van der Waals surface area contributed by atoms with E-state index < -0.39 is 0 Å². The SMILES string of the molecule is C/C=C(/C)SN. The van der Waals surface area contributed by atoms with Crippen LogP contribution in [0.5, 0.6) is 0 Å². The van der Waals surface area contributed by atoms with Crippen molar-refractivity contribution in [3.63, 3.8) is 0 Å². The largest absolute Gasteiger partial charge is 0.274 e. The molecule has 0 bridgehead atoms. The molecule has 0 rings (SSSR count). The molecule has 0 fully saturated rings. The van der Waals surface area contributed by atoms with Gasteiger partial charge in [-0.15, -0.1) is 0 Å². The van der Waals surface area contributed by atoms with Crippen molar-refractivity contribution in [2.24, 2.45) is 5.14 Å². The van der Waals surface area contributed by atoms with Gasteiger partial charge >= 0.3 is 0 Å². The van der Waals surface area contributed by atoms with Gasteiger partial charge in [-0.3, -0.25) is 5.14 Å². The van der Waals surface area contributed by atoms with Crippen molar-refractivity contribution in [2.75, 3.05) is 0 Å². The third-order valence-electron chi connectivity index (χ3n) is 0.592. The summed E-state index contributed by atoms with van der Waals surface area (Å²) >= 11 is 1.29. The van der Waals surface area contributed by atoms with Gasteiger partial charge in [0.15, 0.2) is 0 Å². The minimum atomic E-state index is 1.16. The zero-order valence-electron chi connectivity index (χ0n) is 4.06. The maximum Gasteiger partial charge on any atom is -0.00726 e. The lowest BCUT2D eigenvalue weighted by atomic mass is 10.6. The molecule has 6 heavy (non-hydrogen) atoms. The highest BCUT2D eigenvalue weighted by Gasteiger charge is 1.74. The fourth-order valence-corrected chi connectivity index (χ4v) is 0.204. The third kappa shape index (κ3) is 2.30. The monoisotopic (exact) mass is 103 g/mol. The van der Waals surface area contributed by atoms with Gasteiger partial charge in [0.05, 0.1) is 0 Å². The van der Waals surface area contributed by atoms with Gasteiger partial charge in [0.25, 0.3) is 0 Å². The zero-order chi connectivity index (χ0) is 4.99. The van der Waals surface area contributed by atoms with Gasteiger partial charge in [0.2, 0.25) is 0 Å². The van der Waals surface area contributed by atoms with E-state index in [1.54, 1.807) is 0 Å². The first-order valence-electron chi connectivity index (χ1n) is 1.81. The summed E-state index contributed by atoms with van der Waals surface area (Å²) in [5.74, 6) is 0. The Morgan fingerprint density at radius 1 is 1.83 bits per heavy atom. The molecule has 0 aromatic rings. The molecule has 0 unspecified atom stereocenters. The fourth-order valence-electron chi connectivity index (χ4n) is 0.0680. The predicted octanol–water partition coefficient (Wildman–Crippen LogP) is 1.52. The zero-order valence-corrected chi connectivity index (χ0v) is 4.88. The van der Waals surface area contributed by atoms with E-state index >= 15 is 0 Å². The molecular weight excluding hydrogens is 94.1 g/mol. The number of rotatable bonds is 1. The van der Waals surface area contributed by atoms with Crippen molar-refractivity contribution in [1.29, 1.82) is 0 Å². The highest BCUT2D eigenvalue weighted by Crippen LogP contribution is 2.02. The normalized spacial score (nSPS) is 12.2. The predicted molar refractivity (Wildman–Crippen MR) is 31.2 cm³/mol. The molecule has 0 aliphatic rings. The molecule has 2 N–H and O–H groups in total. The van der Waals surface area contributed by atoms with Gasteiger partial charge in [0, 0.05) is 0 Å². The maximum absolute atomic E-state index is 5.13. The van der Waals surface area contributed by atoms with Crippen LogP contribution in [0.2, 0.25) is 0 Å². The van der Waals surface area contributed by atoms with E-state index in [4.69, 9.17) is 5.14 Å². The summed E-state index contributed by atoms with van der Waals surface area (Å²) in [7, 11) is 0. The van der Waals surface area contributed by atoms with Gasteiger partial charge in [-0.25, -0.2) is 0 Å². The molecule has 1 nitrogen and oxygen atoms in total. The van der Waals surface area contributed by atoms with Crippen LogP contribution in [0.4, 0.5) is 0 Å². The van der Waals surface area contributed by atoms with Crippen molar-refractivity contribution >= 4 is 11.9 Å². The van der Waals surface area contributed by atoms with Crippen LogP contribution in [-0.4, -0.2) is 0 Å². The van der Waals surface area contributed by atoms with Gasteiger partial charge in [-0.1, -0.05) is 18.0 Å². The van der Waals surface area contributed by atoms with Crippen LogP contribution in [0.1, 0.15) is 13.8 Å². The van der Waals surface area contributed by atoms with E-state index in [-0.39, 0.29) is 0 Å². The van der Waals surface area contributed by atoms with Crippen molar-refractivity contribution in [2.45, 2.75) is 13.8 Å². The summed E-state index contributed by atoms with van der Waals surface area (Å²) in [6.07, 6.45) is 1.98. The Kier molecular flexibility index (Phi) is 3.28. The van der Waals surface area contributed by atoms with Gasteiger partial charge in [-0.05, 0) is 18.8 Å². The van der Waals surface area contributed by atoms with Crippen molar-refractivity contribution in [1.82, 2.24) is 0 Å². The van der Waals surface area contributed by atoms with Crippen LogP contribution in [0, 0.1) is 0 Å². The smallest absolute Gasteiger partial charge is 0.00726 e. The lowest BCUT2D eigenvalue weighted by Crippen LogP contribution is -1.74. The lowest BCUT2D eigenvalue weighted by molar-refractivity contribution is 1.59. The second-order valence-electron chi connectivity index (χ2n) is 1.02. The second-order valence-corrected chi connectivity index (χ2v) is 1.90. The Labute approximate surface area is 42.7 Å². The highest BCUT2D eigenvalue weighted by atomic mass is 32.2. The molecule has 0 saturated heterocycles. The number of nitrogens with two attached hydrogens (primary N) is 1. The van der Waals surface area contributed by atoms with Crippen molar-refractivity contribution in [3.05, 3.63) is 11.0 Å². The molecule has 0 aromatic carbocycles. The molecule has 0 aliphatic carbocycles. The fraction of sp³-hybridized carbons (Fsp3) is 0.500. The standard InChI is InChI=1S/C4H9NS/c1-3-4(2)6-5/h3H,5H2,1-2H3/b4-3-. The third-order valence-corrected chi connectivity index (χ3v) is 1.20. The summed E-state index contributed by atoms with van der Waals surface area (Å²) in [5, 5.41) is 5.13. The number of hydrogen-bond donors (Lipinski definition) is 1. The summed E-state index contributed by atoms with van der Waals surface area (Å²) in [6, 6.07) is 0. The van der Waals surface area contributed by atoms with Gasteiger partial charge in [0.1, 0.15) is 0 Å². The summed E-state index contributed by atoms with van der Waals surface area (Å²) < 4.78 is 0. The van der Waals surface area contributed by atoms with Crippen molar-refractivity contribution in [3.8, 4) is 0 Å². The second kappa shape index (κ2) is 3.25. The van der Waals surface area contributed by atoms with E-state index in [9.17, 15) is 0 Å². The van der Waals surface area contributed by atoms with Crippen LogP contribution < -0.4 is 5.14 Å². The number of hydrogen-bond acceptors (Lipinski definition) is 2. The Balaban J connectivity index is 3.22.